The highest BCUT2D eigenvalue weighted by atomic mass is 127. The molecule has 3 heterocycles. The van der Waals surface area contributed by atoms with Crippen LogP contribution in [0.5, 0.6) is 0 Å². The average molecular weight is 571 g/mol. The molecule has 5 atom stereocenters. The van der Waals surface area contributed by atoms with Crippen molar-refractivity contribution in [2.45, 2.75) is 37.2 Å². The van der Waals surface area contributed by atoms with Crippen molar-refractivity contribution in [2.24, 2.45) is 0 Å². The SMILES string of the molecule is CONC(=O)C(O)[C@H]1O[C@@H](n2cnc3c(NCc4ccc(N)c(I)c4)ncnc32)[C@H](O)[C@@H]1O. The molecule has 3 aromatic rings. The maximum Gasteiger partial charge on any atom is 0.275 e. The molecular formula is C19H22IN7O6. The summed E-state index contributed by atoms with van der Waals surface area (Å²) in [4.78, 5) is 29.1. The summed E-state index contributed by atoms with van der Waals surface area (Å²) < 4.78 is 7.97. The Hall–Kier alpha value is -2.63. The van der Waals surface area contributed by atoms with Crippen LogP contribution in [0.25, 0.3) is 11.2 Å². The van der Waals surface area contributed by atoms with E-state index in [1.807, 2.05) is 23.7 Å². The lowest BCUT2D eigenvalue weighted by atomic mass is 10.1. The highest BCUT2D eigenvalue weighted by Gasteiger charge is 2.49. The van der Waals surface area contributed by atoms with Crippen LogP contribution in [0.2, 0.25) is 0 Å². The summed E-state index contributed by atoms with van der Waals surface area (Å²) in [6, 6.07) is 5.68. The van der Waals surface area contributed by atoms with Crippen molar-refractivity contribution in [3.05, 3.63) is 40.0 Å². The van der Waals surface area contributed by atoms with Crippen molar-refractivity contribution in [3.63, 3.8) is 0 Å². The number of rotatable bonds is 7. The third kappa shape index (κ3) is 4.57. The molecule has 0 aliphatic carbocycles. The number of hydroxylamine groups is 1. The number of aromatic nitrogens is 4. The van der Waals surface area contributed by atoms with E-state index in [-0.39, 0.29) is 0 Å². The van der Waals surface area contributed by atoms with Gasteiger partial charge in [-0.2, -0.15) is 0 Å². The van der Waals surface area contributed by atoms with Crippen molar-refractivity contribution < 1.29 is 29.7 Å². The lowest BCUT2D eigenvalue weighted by Crippen LogP contribution is -2.47. The van der Waals surface area contributed by atoms with Gasteiger partial charge in [-0.05, 0) is 40.3 Å². The minimum atomic E-state index is -1.77. The van der Waals surface area contributed by atoms with Crippen LogP contribution in [-0.4, -0.2) is 72.3 Å². The molecule has 1 aromatic carbocycles. The number of carbonyl (C=O) groups is 1. The van der Waals surface area contributed by atoms with Gasteiger partial charge >= 0.3 is 0 Å². The summed E-state index contributed by atoms with van der Waals surface area (Å²) in [7, 11) is 1.20. The minimum Gasteiger partial charge on any atom is -0.398 e. The minimum absolute atomic E-state index is 0.326. The van der Waals surface area contributed by atoms with Crippen LogP contribution in [0, 0.1) is 3.57 Å². The van der Waals surface area contributed by atoms with Crippen molar-refractivity contribution >= 4 is 51.2 Å². The highest BCUT2D eigenvalue weighted by molar-refractivity contribution is 14.1. The molecule has 1 unspecified atom stereocenters. The van der Waals surface area contributed by atoms with Gasteiger partial charge in [-0.1, -0.05) is 6.07 Å². The first-order chi connectivity index (χ1) is 15.8. The van der Waals surface area contributed by atoms with E-state index in [4.69, 9.17) is 10.5 Å². The van der Waals surface area contributed by atoms with Gasteiger partial charge in [-0.15, -0.1) is 0 Å². The fourth-order valence-electron chi connectivity index (χ4n) is 3.52. The average Bonchev–Trinajstić information content (AvgIpc) is 3.35. The second kappa shape index (κ2) is 9.70. The van der Waals surface area contributed by atoms with Crippen LogP contribution >= 0.6 is 22.6 Å². The van der Waals surface area contributed by atoms with Crippen LogP contribution in [0.1, 0.15) is 11.8 Å². The van der Waals surface area contributed by atoms with Crippen molar-refractivity contribution in [2.75, 3.05) is 18.2 Å². The fourth-order valence-corrected chi connectivity index (χ4v) is 4.10. The normalized spacial score (nSPS) is 23.5. The number of nitrogens with one attached hydrogen (secondary N) is 2. The van der Waals surface area contributed by atoms with E-state index < -0.39 is 36.6 Å². The lowest BCUT2D eigenvalue weighted by molar-refractivity contribution is -0.153. The van der Waals surface area contributed by atoms with E-state index >= 15 is 0 Å². The number of imidazole rings is 1. The van der Waals surface area contributed by atoms with Crippen LogP contribution in [0.4, 0.5) is 11.5 Å². The van der Waals surface area contributed by atoms with E-state index in [1.54, 1.807) is 0 Å². The lowest BCUT2D eigenvalue weighted by Gasteiger charge is -2.19. The first kappa shape index (κ1) is 23.5. The molecule has 0 saturated carbocycles. The second-order valence-electron chi connectivity index (χ2n) is 7.34. The number of benzene rings is 1. The predicted molar refractivity (Wildman–Crippen MR) is 123 cm³/mol. The molecule has 7 N–H and O–H groups in total. The van der Waals surface area contributed by atoms with E-state index in [9.17, 15) is 20.1 Å². The quantitative estimate of drug-likeness (QED) is 0.119. The number of aliphatic hydroxyl groups excluding tert-OH is 3. The topological polar surface area (TPSA) is 190 Å². The smallest absolute Gasteiger partial charge is 0.275 e. The zero-order chi connectivity index (χ0) is 23.7. The summed E-state index contributed by atoms with van der Waals surface area (Å²) in [5.41, 5.74) is 10.2. The monoisotopic (exact) mass is 571 g/mol. The number of anilines is 2. The number of hydrogen-bond acceptors (Lipinski definition) is 11. The maximum absolute atomic E-state index is 11.8. The molecule has 176 valence electrons. The number of nitrogen functional groups attached to an aromatic ring is 1. The molecule has 1 aliphatic rings. The zero-order valence-electron chi connectivity index (χ0n) is 17.3. The molecule has 4 rings (SSSR count). The van der Waals surface area contributed by atoms with Gasteiger partial charge in [0.15, 0.2) is 29.3 Å². The number of ether oxygens (including phenoxy) is 1. The van der Waals surface area contributed by atoms with E-state index in [0.29, 0.717) is 29.2 Å². The Morgan fingerprint density at radius 1 is 1.33 bits per heavy atom. The Balaban J connectivity index is 1.55. The van der Waals surface area contributed by atoms with Crippen molar-refractivity contribution in [3.8, 4) is 0 Å². The molecule has 14 heteroatoms. The predicted octanol–water partition coefficient (Wildman–Crippen LogP) is -0.717. The summed E-state index contributed by atoms with van der Waals surface area (Å²) in [6.45, 7) is 0.458. The van der Waals surface area contributed by atoms with Crippen molar-refractivity contribution in [1.29, 1.82) is 0 Å². The van der Waals surface area contributed by atoms with Gasteiger partial charge in [-0.25, -0.2) is 20.4 Å². The Bertz CT molecular complexity index is 1160. The molecule has 1 saturated heterocycles. The number of hydrogen-bond donors (Lipinski definition) is 6. The molecule has 0 spiro atoms. The summed E-state index contributed by atoms with van der Waals surface area (Å²) in [5.74, 6) is -0.467. The fraction of sp³-hybridized carbons (Fsp3) is 0.368. The standard InChI is InChI=1S/C19H22IN7O6/c1-32-26-18(31)14(30)15-12(28)13(29)19(33-15)27-7-25-11-16(23-6-24-17(11)27)22-5-8-2-3-10(21)9(20)4-8/h2-4,6-7,12-15,19,28-30H,5,21H2,1H3,(H,26,31)(H,22,23,24)/t12-,13+,14?,15-,19+/m0/s1. The molecule has 1 aliphatic heterocycles. The Morgan fingerprint density at radius 3 is 2.85 bits per heavy atom. The Labute approximate surface area is 201 Å². The molecule has 0 bridgehead atoms. The largest absolute Gasteiger partial charge is 0.398 e. The van der Waals surface area contributed by atoms with Crippen LogP contribution < -0.4 is 16.5 Å². The number of nitrogens with two attached hydrogens (primary N) is 1. The third-order valence-corrected chi connectivity index (χ3v) is 6.15. The number of fused-ring (bicyclic) bond motifs is 1. The van der Waals surface area contributed by atoms with E-state index in [2.05, 4.69) is 47.7 Å². The first-order valence-electron chi connectivity index (χ1n) is 9.79. The summed E-state index contributed by atoms with van der Waals surface area (Å²) in [6.07, 6.45) is -4.62. The molecule has 1 fully saturated rings. The number of halogens is 1. The van der Waals surface area contributed by atoms with Gasteiger partial charge in [0.2, 0.25) is 0 Å². The number of carbonyl (C=O) groups excluding carboxylic acids is 1. The van der Waals surface area contributed by atoms with Gasteiger partial charge in [0.05, 0.1) is 13.4 Å². The van der Waals surface area contributed by atoms with Gasteiger partial charge < -0.3 is 31.1 Å². The van der Waals surface area contributed by atoms with E-state index in [1.165, 1.54) is 24.3 Å². The molecule has 33 heavy (non-hydrogen) atoms. The highest BCUT2D eigenvalue weighted by Crippen LogP contribution is 2.33. The maximum atomic E-state index is 11.8. The number of aliphatic hydroxyl groups is 3. The van der Waals surface area contributed by atoms with Gasteiger partial charge in [0.1, 0.15) is 24.6 Å². The van der Waals surface area contributed by atoms with Crippen LogP contribution in [-0.2, 0) is 20.9 Å². The van der Waals surface area contributed by atoms with Gasteiger partial charge in [0, 0.05) is 15.8 Å². The Morgan fingerprint density at radius 2 is 2.12 bits per heavy atom. The number of amides is 1. The number of nitrogens with zero attached hydrogens (tertiary/aromatic N) is 4. The third-order valence-electron chi connectivity index (χ3n) is 5.22. The summed E-state index contributed by atoms with van der Waals surface area (Å²) >= 11 is 2.16. The van der Waals surface area contributed by atoms with Gasteiger partial charge in [-0.3, -0.25) is 14.2 Å². The zero-order valence-corrected chi connectivity index (χ0v) is 19.4. The van der Waals surface area contributed by atoms with Crippen molar-refractivity contribution in [1.82, 2.24) is 25.0 Å². The molecule has 13 nitrogen and oxygen atoms in total. The first-order valence-corrected chi connectivity index (χ1v) is 10.9. The van der Waals surface area contributed by atoms with Gasteiger partial charge in [0.25, 0.3) is 5.91 Å². The molecule has 2 aromatic heterocycles. The molecular weight excluding hydrogens is 549 g/mol. The van der Waals surface area contributed by atoms with Crippen LogP contribution in [0.15, 0.2) is 30.9 Å². The summed E-state index contributed by atoms with van der Waals surface area (Å²) in [5, 5.41) is 34.2. The second-order valence-corrected chi connectivity index (χ2v) is 8.51. The molecule has 1 amide bonds. The Kier molecular flexibility index (Phi) is 6.91. The molecule has 0 radical (unpaired) electrons. The van der Waals surface area contributed by atoms with E-state index in [0.717, 1.165) is 9.13 Å². The van der Waals surface area contributed by atoms with Crippen LogP contribution in [0.3, 0.4) is 0 Å².